The van der Waals surface area contributed by atoms with Gasteiger partial charge in [-0.2, -0.15) is 0 Å². The SMILES string of the molecule is CCc1ccc(C(=O)C2(C)CCCCO2)cc1. The highest BCUT2D eigenvalue weighted by molar-refractivity contribution is 6.02. The molecule has 1 fully saturated rings. The molecule has 1 aliphatic heterocycles. The van der Waals surface area contributed by atoms with Crippen molar-refractivity contribution in [2.45, 2.75) is 45.1 Å². The fraction of sp³-hybridized carbons (Fsp3) is 0.533. The molecule has 1 atom stereocenters. The lowest BCUT2D eigenvalue weighted by atomic mass is 9.87. The number of carbonyl (C=O) groups is 1. The molecule has 1 heterocycles. The first kappa shape index (κ1) is 12.3. The Kier molecular flexibility index (Phi) is 3.63. The van der Waals surface area contributed by atoms with Crippen LogP contribution in [-0.2, 0) is 11.2 Å². The van der Waals surface area contributed by atoms with Crippen LogP contribution in [0.2, 0.25) is 0 Å². The van der Waals surface area contributed by atoms with Gasteiger partial charge in [-0.25, -0.2) is 0 Å². The van der Waals surface area contributed by atoms with Gasteiger partial charge in [-0.05, 0) is 38.2 Å². The largest absolute Gasteiger partial charge is 0.367 e. The minimum absolute atomic E-state index is 0.125. The third-order valence-corrected chi connectivity index (χ3v) is 3.57. The van der Waals surface area contributed by atoms with E-state index in [-0.39, 0.29) is 5.78 Å². The van der Waals surface area contributed by atoms with Gasteiger partial charge in [0, 0.05) is 12.2 Å². The summed E-state index contributed by atoms with van der Waals surface area (Å²) in [6, 6.07) is 7.90. The van der Waals surface area contributed by atoms with E-state index in [1.165, 1.54) is 5.56 Å². The predicted octanol–water partition coefficient (Wildman–Crippen LogP) is 3.39. The molecule has 1 aromatic rings. The van der Waals surface area contributed by atoms with E-state index < -0.39 is 5.60 Å². The molecular weight excluding hydrogens is 212 g/mol. The summed E-state index contributed by atoms with van der Waals surface area (Å²) in [5, 5.41) is 0. The Morgan fingerprint density at radius 3 is 2.53 bits per heavy atom. The molecule has 92 valence electrons. The van der Waals surface area contributed by atoms with Gasteiger partial charge in [-0.1, -0.05) is 31.2 Å². The van der Waals surface area contributed by atoms with Crippen molar-refractivity contribution in [2.75, 3.05) is 6.61 Å². The van der Waals surface area contributed by atoms with Crippen molar-refractivity contribution >= 4 is 5.78 Å². The van der Waals surface area contributed by atoms with Gasteiger partial charge in [0.25, 0.3) is 0 Å². The van der Waals surface area contributed by atoms with E-state index in [1.54, 1.807) is 0 Å². The number of hydrogen-bond acceptors (Lipinski definition) is 2. The van der Waals surface area contributed by atoms with Crippen molar-refractivity contribution in [3.63, 3.8) is 0 Å². The molecule has 1 saturated heterocycles. The van der Waals surface area contributed by atoms with E-state index in [0.29, 0.717) is 6.61 Å². The molecule has 0 amide bonds. The Morgan fingerprint density at radius 2 is 2.00 bits per heavy atom. The zero-order chi connectivity index (χ0) is 12.3. The maximum absolute atomic E-state index is 12.4. The molecule has 0 bridgehead atoms. The van der Waals surface area contributed by atoms with E-state index in [2.05, 4.69) is 6.92 Å². The van der Waals surface area contributed by atoms with Crippen molar-refractivity contribution in [1.82, 2.24) is 0 Å². The van der Waals surface area contributed by atoms with Crippen LogP contribution in [0.3, 0.4) is 0 Å². The molecule has 0 spiro atoms. The van der Waals surface area contributed by atoms with Crippen LogP contribution < -0.4 is 0 Å². The van der Waals surface area contributed by atoms with Crippen LogP contribution >= 0.6 is 0 Å². The molecule has 1 unspecified atom stereocenters. The maximum atomic E-state index is 12.4. The number of rotatable bonds is 3. The summed E-state index contributed by atoms with van der Waals surface area (Å²) in [6.45, 7) is 4.74. The van der Waals surface area contributed by atoms with Crippen molar-refractivity contribution in [3.8, 4) is 0 Å². The molecule has 1 aliphatic rings. The Balaban J connectivity index is 2.17. The smallest absolute Gasteiger partial charge is 0.194 e. The maximum Gasteiger partial charge on any atom is 0.194 e. The van der Waals surface area contributed by atoms with Crippen molar-refractivity contribution in [3.05, 3.63) is 35.4 Å². The summed E-state index contributed by atoms with van der Waals surface area (Å²) >= 11 is 0. The van der Waals surface area contributed by atoms with Crippen molar-refractivity contribution < 1.29 is 9.53 Å². The minimum atomic E-state index is -0.605. The van der Waals surface area contributed by atoms with Gasteiger partial charge >= 0.3 is 0 Å². The fourth-order valence-electron chi connectivity index (χ4n) is 2.31. The van der Waals surface area contributed by atoms with Crippen LogP contribution in [-0.4, -0.2) is 18.0 Å². The molecule has 0 aliphatic carbocycles. The lowest BCUT2D eigenvalue weighted by molar-refractivity contribution is -0.0426. The molecular formula is C15H20O2. The standard InChI is InChI=1S/C15H20O2/c1-3-12-6-8-13(9-7-12)14(16)15(2)10-4-5-11-17-15/h6-9H,3-5,10-11H2,1-2H3. The first-order chi connectivity index (χ1) is 8.15. The number of aryl methyl sites for hydroxylation is 1. The number of Topliss-reactive ketones (excluding diaryl/α,β-unsaturated/α-hetero) is 1. The summed E-state index contributed by atoms with van der Waals surface area (Å²) in [5.41, 5.74) is 1.43. The Hall–Kier alpha value is -1.15. The average Bonchev–Trinajstić information content (AvgIpc) is 2.39. The van der Waals surface area contributed by atoms with Crippen LogP contribution in [0.1, 0.15) is 49.0 Å². The molecule has 0 N–H and O–H groups in total. The Labute approximate surface area is 103 Å². The van der Waals surface area contributed by atoms with Crippen LogP contribution in [0, 0.1) is 0 Å². The van der Waals surface area contributed by atoms with Gasteiger partial charge in [-0.3, -0.25) is 4.79 Å². The van der Waals surface area contributed by atoms with Gasteiger partial charge in [0.05, 0.1) is 0 Å². The van der Waals surface area contributed by atoms with Gasteiger partial charge in [0.2, 0.25) is 0 Å². The zero-order valence-corrected chi connectivity index (χ0v) is 10.7. The number of benzene rings is 1. The monoisotopic (exact) mass is 232 g/mol. The molecule has 1 aromatic carbocycles. The lowest BCUT2D eigenvalue weighted by Gasteiger charge is -2.32. The predicted molar refractivity (Wildman–Crippen MR) is 68.4 cm³/mol. The van der Waals surface area contributed by atoms with E-state index in [0.717, 1.165) is 31.2 Å². The second kappa shape index (κ2) is 5.01. The second-order valence-electron chi connectivity index (χ2n) is 4.92. The first-order valence-corrected chi connectivity index (χ1v) is 6.43. The topological polar surface area (TPSA) is 26.3 Å². The molecule has 2 heteroatoms. The summed E-state index contributed by atoms with van der Waals surface area (Å²) in [5.74, 6) is 0.125. The van der Waals surface area contributed by atoms with Crippen molar-refractivity contribution in [2.24, 2.45) is 0 Å². The Morgan fingerprint density at radius 1 is 1.29 bits per heavy atom. The van der Waals surface area contributed by atoms with Crippen LogP contribution in [0.5, 0.6) is 0 Å². The number of ether oxygens (including phenoxy) is 1. The highest BCUT2D eigenvalue weighted by Gasteiger charge is 2.36. The van der Waals surface area contributed by atoms with E-state index in [1.807, 2.05) is 31.2 Å². The lowest BCUT2D eigenvalue weighted by Crippen LogP contribution is -2.41. The molecule has 2 nitrogen and oxygen atoms in total. The van der Waals surface area contributed by atoms with Gasteiger partial charge < -0.3 is 4.74 Å². The molecule has 0 aromatic heterocycles. The second-order valence-corrected chi connectivity index (χ2v) is 4.92. The average molecular weight is 232 g/mol. The van der Waals surface area contributed by atoms with E-state index in [4.69, 9.17) is 4.74 Å². The number of carbonyl (C=O) groups excluding carboxylic acids is 1. The molecule has 17 heavy (non-hydrogen) atoms. The molecule has 0 saturated carbocycles. The van der Waals surface area contributed by atoms with Crippen LogP contribution in [0.25, 0.3) is 0 Å². The summed E-state index contributed by atoms with van der Waals surface area (Å²) < 4.78 is 5.69. The normalized spacial score (nSPS) is 24.6. The fourth-order valence-corrected chi connectivity index (χ4v) is 2.31. The summed E-state index contributed by atoms with van der Waals surface area (Å²) in [7, 11) is 0. The van der Waals surface area contributed by atoms with Crippen LogP contribution in [0.4, 0.5) is 0 Å². The van der Waals surface area contributed by atoms with Crippen LogP contribution in [0.15, 0.2) is 24.3 Å². The summed E-state index contributed by atoms with van der Waals surface area (Å²) in [4.78, 5) is 12.4. The third kappa shape index (κ3) is 2.58. The zero-order valence-electron chi connectivity index (χ0n) is 10.7. The van der Waals surface area contributed by atoms with E-state index >= 15 is 0 Å². The van der Waals surface area contributed by atoms with E-state index in [9.17, 15) is 4.79 Å². The molecule has 2 rings (SSSR count). The highest BCUT2D eigenvalue weighted by Crippen LogP contribution is 2.28. The van der Waals surface area contributed by atoms with Crippen molar-refractivity contribution in [1.29, 1.82) is 0 Å². The molecule has 0 radical (unpaired) electrons. The first-order valence-electron chi connectivity index (χ1n) is 6.43. The quantitative estimate of drug-likeness (QED) is 0.747. The summed E-state index contributed by atoms with van der Waals surface area (Å²) in [6.07, 6.45) is 3.98. The third-order valence-electron chi connectivity index (χ3n) is 3.57. The number of hydrogen-bond donors (Lipinski definition) is 0. The Bertz CT molecular complexity index is 386. The van der Waals surface area contributed by atoms with Gasteiger partial charge in [-0.15, -0.1) is 0 Å². The van der Waals surface area contributed by atoms with Gasteiger partial charge in [0.1, 0.15) is 5.60 Å². The number of ketones is 1. The highest BCUT2D eigenvalue weighted by atomic mass is 16.5. The van der Waals surface area contributed by atoms with Gasteiger partial charge in [0.15, 0.2) is 5.78 Å². The minimum Gasteiger partial charge on any atom is -0.367 e.